The number of hydrogen-bond acceptors (Lipinski definition) is 4. The van der Waals surface area contributed by atoms with Crippen molar-refractivity contribution >= 4 is 18.3 Å². The number of hydrogen-bond donors (Lipinski definition) is 3. The minimum atomic E-state index is -0.760. The highest BCUT2D eigenvalue weighted by Gasteiger charge is 2.10. The van der Waals surface area contributed by atoms with Crippen molar-refractivity contribution in [1.29, 1.82) is 0 Å². The molecule has 3 N–H and O–H groups in total. The molecular formula is C19H25ClN2O3. The molecule has 0 aliphatic rings. The fourth-order valence-corrected chi connectivity index (χ4v) is 2.21. The summed E-state index contributed by atoms with van der Waals surface area (Å²) in [5.74, 6) is 0.608. The Bertz CT molecular complexity index is 638. The fourth-order valence-electron chi connectivity index (χ4n) is 2.21. The lowest BCUT2D eigenvalue weighted by Crippen LogP contribution is -2.30. The van der Waals surface area contributed by atoms with Crippen LogP contribution in [0.2, 0.25) is 0 Å². The molecule has 2 aromatic rings. The lowest BCUT2D eigenvalue weighted by molar-refractivity contribution is -0.121. The molecule has 0 saturated carbocycles. The Hall–Kier alpha value is -2.08. The Morgan fingerprint density at radius 2 is 1.92 bits per heavy atom. The van der Waals surface area contributed by atoms with Crippen molar-refractivity contribution in [2.45, 2.75) is 19.1 Å². The molecule has 25 heavy (non-hydrogen) atoms. The van der Waals surface area contributed by atoms with Gasteiger partial charge in [-0.3, -0.25) is 4.79 Å². The zero-order valence-corrected chi connectivity index (χ0v) is 15.1. The van der Waals surface area contributed by atoms with E-state index in [0.29, 0.717) is 25.3 Å². The van der Waals surface area contributed by atoms with E-state index in [1.165, 1.54) is 0 Å². The molecule has 136 valence electrons. The van der Waals surface area contributed by atoms with Crippen LogP contribution in [0.4, 0.5) is 0 Å². The van der Waals surface area contributed by atoms with E-state index in [-0.39, 0.29) is 24.9 Å². The minimum Gasteiger partial charge on any atom is -0.489 e. The van der Waals surface area contributed by atoms with Crippen molar-refractivity contribution in [3.05, 3.63) is 65.7 Å². The van der Waals surface area contributed by atoms with Crippen molar-refractivity contribution in [3.63, 3.8) is 0 Å². The first kappa shape index (κ1) is 21.0. The van der Waals surface area contributed by atoms with Crippen LogP contribution in [0.25, 0.3) is 0 Å². The average Bonchev–Trinajstić information content (AvgIpc) is 2.63. The topological polar surface area (TPSA) is 70.6 Å². The number of aliphatic hydroxyl groups is 1. The van der Waals surface area contributed by atoms with Gasteiger partial charge in [-0.1, -0.05) is 42.5 Å². The van der Waals surface area contributed by atoms with Gasteiger partial charge in [0, 0.05) is 19.5 Å². The Labute approximate surface area is 154 Å². The molecular weight excluding hydrogens is 340 g/mol. The van der Waals surface area contributed by atoms with Crippen molar-refractivity contribution < 1.29 is 14.6 Å². The number of carbonyl (C=O) groups is 1. The smallest absolute Gasteiger partial charge is 0.221 e. The molecule has 1 unspecified atom stereocenters. The third-order valence-electron chi connectivity index (χ3n) is 3.59. The summed E-state index contributed by atoms with van der Waals surface area (Å²) in [6.45, 7) is 1.27. The molecule has 0 saturated heterocycles. The van der Waals surface area contributed by atoms with E-state index >= 15 is 0 Å². The van der Waals surface area contributed by atoms with Gasteiger partial charge < -0.3 is 20.5 Å². The summed E-state index contributed by atoms with van der Waals surface area (Å²) in [5.41, 5.74) is 1.80. The van der Waals surface area contributed by atoms with Crippen molar-refractivity contribution in [2.75, 3.05) is 20.1 Å². The molecule has 0 heterocycles. The summed E-state index contributed by atoms with van der Waals surface area (Å²) in [6.07, 6.45) is -0.368. The van der Waals surface area contributed by atoms with Gasteiger partial charge in [-0.15, -0.1) is 12.4 Å². The van der Waals surface area contributed by atoms with Crippen LogP contribution in [-0.2, 0) is 11.4 Å². The van der Waals surface area contributed by atoms with Crippen LogP contribution < -0.4 is 15.4 Å². The monoisotopic (exact) mass is 364 g/mol. The lowest BCUT2D eigenvalue weighted by Gasteiger charge is -2.14. The number of nitrogens with one attached hydrogen (secondary N) is 2. The first-order valence-electron chi connectivity index (χ1n) is 8.05. The molecule has 2 aromatic carbocycles. The molecule has 1 atom stereocenters. The summed E-state index contributed by atoms with van der Waals surface area (Å²) in [6, 6.07) is 17.2. The van der Waals surface area contributed by atoms with E-state index in [2.05, 4.69) is 10.6 Å². The standard InChI is InChI=1S/C19H24N2O3.ClH/c1-20-11-10-19(23)21-13-18(22)16-8-5-9-17(12-16)24-14-15-6-3-2-4-7-15;/h2-9,12,18,20,22H,10-11,13-14H2,1H3,(H,21,23);1H. The van der Waals surface area contributed by atoms with Gasteiger partial charge in [-0.25, -0.2) is 0 Å². The highest BCUT2D eigenvalue weighted by Crippen LogP contribution is 2.20. The quantitative estimate of drug-likeness (QED) is 0.639. The van der Waals surface area contributed by atoms with Crippen LogP contribution in [0.3, 0.4) is 0 Å². The first-order valence-corrected chi connectivity index (χ1v) is 8.05. The molecule has 0 aliphatic heterocycles. The molecule has 0 fully saturated rings. The lowest BCUT2D eigenvalue weighted by atomic mass is 10.1. The maximum absolute atomic E-state index is 11.6. The summed E-state index contributed by atoms with van der Waals surface area (Å²) >= 11 is 0. The second kappa shape index (κ2) is 11.5. The third kappa shape index (κ3) is 7.56. The number of amides is 1. The van der Waals surface area contributed by atoms with Crippen LogP contribution in [0.5, 0.6) is 5.75 Å². The van der Waals surface area contributed by atoms with E-state index in [9.17, 15) is 9.90 Å². The second-order valence-corrected chi connectivity index (χ2v) is 5.52. The molecule has 0 radical (unpaired) electrons. The summed E-state index contributed by atoms with van der Waals surface area (Å²) in [7, 11) is 1.79. The van der Waals surface area contributed by atoms with E-state index in [1.54, 1.807) is 13.1 Å². The first-order chi connectivity index (χ1) is 11.7. The number of benzene rings is 2. The van der Waals surface area contributed by atoms with Crippen molar-refractivity contribution in [2.24, 2.45) is 0 Å². The highest BCUT2D eigenvalue weighted by atomic mass is 35.5. The highest BCUT2D eigenvalue weighted by molar-refractivity contribution is 5.85. The van der Waals surface area contributed by atoms with E-state index in [0.717, 1.165) is 11.1 Å². The van der Waals surface area contributed by atoms with Crippen LogP contribution in [0.15, 0.2) is 54.6 Å². The van der Waals surface area contributed by atoms with Gasteiger partial charge in [0.25, 0.3) is 0 Å². The molecule has 2 rings (SSSR count). The Morgan fingerprint density at radius 3 is 2.64 bits per heavy atom. The van der Waals surface area contributed by atoms with Gasteiger partial charge in [0.15, 0.2) is 0 Å². The molecule has 1 amide bonds. The largest absolute Gasteiger partial charge is 0.489 e. The number of aliphatic hydroxyl groups excluding tert-OH is 1. The molecule has 6 heteroatoms. The zero-order valence-electron chi connectivity index (χ0n) is 14.3. The maximum atomic E-state index is 11.6. The minimum absolute atomic E-state index is 0. The van der Waals surface area contributed by atoms with E-state index in [1.807, 2.05) is 48.5 Å². The predicted octanol–water partition coefficient (Wildman–Crippen LogP) is 2.45. The van der Waals surface area contributed by atoms with Crippen LogP contribution in [0, 0.1) is 0 Å². The summed E-state index contributed by atoms with van der Waals surface area (Å²) in [4.78, 5) is 11.6. The molecule has 0 aromatic heterocycles. The fraction of sp³-hybridized carbons (Fsp3) is 0.316. The summed E-state index contributed by atoms with van der Waals surface area (Å²) < 4.78 is 5.75. The molecule has 0 spiro atoms. The second-order valence-electron chi connectivity index (χ2n) is 5.52. The Kier molecular flexibility index (Phi) is 9.62. The van der Waals surface area contributed by atoms with Gasteiger partial charge in [-0.05, 0) is 30.3 Å². The third-order valence-corrected chi connectivity index (χ3v) is 3.59. The molecule has 0 bridgehead atoms. The predicted molar refractivity (Wildman–Crippen MR) is 101 cm³/mol. The summed E-state index contributed by atoms with van der Waals surface area (Å²) in [5, 5.41) is 15.9. The van der Waals surface area contributed by atoms with Gasteiger partial charge in [0.2, 0.25) is 5.91 Å². The number of rotatable bonds is 9. The van der Waals surface area contributed by atoms with E-state index < -0.39 is 6.10 Å². The van der Waals surface area contributed by atoms with Crippen LogP contribution in [-0.4, -0.2) is 31.2 Å². The van der Waals surface area contributed by atoms with Gasteiger partial charge in [-0.2, -0.15) is 0 Å². The average molecular weight is 365 g/mol. The molecule has 5 nitrogen and oxygen atoms in total. The normalized spacial score (nSPS) is 11.3. The van der Waals surface area contributed by atoms with Gasteiger partial charge in [0.05, 0.1) is 6.10 Å². The van der Waals surface area contributed by atoms with Gasteiger partial charge >= 0.3 is 0 Å². The number of ether oxygens (including phenoxy) is 1. The zero-order chi connectivity index (χ0) is 17.2. The van der Waals surface area contributed by atoms with E-state index in [4.69, 9.17) is 4.74 Å². The van der Waals surface area contributed by atoms with Crippen molar-refractivity contribution in [1.82, 2.24) is 10.6 Å². The van der Waals surface area contributed by atoms with Crippen molar-refractivity contribution in [3.8, 4) is 5.75 Å². The van der Waals surface area contributed by atoms with Crippen LogP contribution in [0.1, 0.15) is 23.7 Å². The van der Waals surface area contributed by atoms with Crippen LogP contribution >= 0.6 is 12.4 Å². The maximum Gasteiger partial charge on any atom is 0.221 e. The number of carbonyl (C=O) groups excluding carboxylic acids is 1. The SMILES string of the molecule is CNCCC(=O)NCC(O)c1cccc(OCc2ccccc2)c1.Cl. The Morgan fingerprint density at radius 1 is 1.16 bits per heavy atom. The number of halogens is 1. The molecule has 0 aliphatic carbocycles. The Balaban J connectivity index is 0.00000312. The van der Waals surface area contributed by atoms with Gasteiger partial charge in [0.1, 0.15) is 12.4 Å².